The molecule has 2 atom stereocenters. The van der Waals surface area contributed by atoms with Crippen LogP contribution in [0.1, 0.15) is 31.4 Å². The highest BCUT2D eigenvalue weighted by atomic mass is 32.2. The van der Waals surface area contributed by atoms with Crippen LogP contribution in [0.4, 0.5) is 0 Å². The number of benzene rings is 1. The Labute approximate surface area is 115 Å². The standard InChI is InChI=1S/C14H21NO3S/c1-10-7-11(2)15(8-10)19(17,18)14-6-4-5-13(9-16)12(14)3/h4-6,10-11,16H,7-9H2,1-3H3. The van der Waals surface area contributed by atoms with E-state index in [4.69, 9.17) is 0 Å². The van der Waals surface area contributed by atoms with E-state index in [1.807, 2.05) is 6.92 Å². The molecule has 0 aliphatic carbocycles. The molecule has 1 saturated heterocycles. The highest BCUT2D eigenvalue weighted by Crippen LogP contribution is 2.31. The first-order valence-electron chi connectivity index (χ1n) is 6.59. The summed E-state index contributed by atoms with van der Waals surface area (Å²) >= 11 is 0. The Morgan fingerprint density at radius 2 is 2.05 bits per heavy atom. The predicted octanol–water partition coefficient (Wildman–Crippen LogP) is 1.91. The Morgan fingerprint density at radius 3 is 2.58 bits per heavy atom. The fourth-order valence-electron chi connectivity index (χ4n) is 2.83. The van der Waals surface area contributed by atoms with Crippen LogP contribution >= 0.6 is 0 Å². The van der Waals surface area contributed by atoms with E-state index < -0.39 is 10.0 Å². The minimum atomic E-state index is -3.46. The summed E-state index contributed by atoms with van der Waals surface area (Å²) in [5, 5.41) is 9.26. The van der Waals surface area contributed by atoms with E-state index >= 15 is 0 Å². The van der Waals surface area contributed by atoms with Gasteiger partial charge in [0.1, 0.15) is 0 Å². The molecule has 0 saturated carbocycles. The van der Waals surface area contributed by atoms with E-state index in [-0.39, 0.29) is 12.6 Å². The molecule has 0 amide bonds. The molecule has 1 aliphatic heterocycles. The van der Waals surface area contributed by atoms with Crippen LogP contribution in [0.3, 0.4) is 0 Å². The van der Waals surface area contributed by atoms with Crippen LogP contribution in [-0.4, -0.2) is 30.4 Å². The molecule has 0 radical (unpaired) electrons. The summed E-state index contributed by atoms with van der Waals surface area (Å²) in [6.45, 7) is 6.21. The van der Waals surface area contributed by atoms with Crippen LogP contribution in [0.15, 0.2) is 23.1 Å². The SMILES string of the molecule is Cc1c(CO)cccc1S(=O)(=O)N1CC(C)CC1C. The van der Waals surface area contributed by atoms with E-state index in [0.29, 0.717) is 28.5 Å². The molecular formula is C14H21NO3S. The maximum Gasteiger partial charge on any atom is 0.243 e. The molecule has 1 aliphatic rings. The number of nitrogens with zero attached hydrogens (tertiary/aromatic N) is 1. The van der Waals surface area contributed by atoms with Crippen molar-refractivity contribution in [2.24, 2.45) is 5.92 Å². The van der Waals surface area contributed by atoms with Gasteiger partial charge in [0.25, 0.3) is 0 Å². The van der Waals surface area contributed by atoms with Crippen molar-refractivity contribution in [1.82, 2.24) is 4.31 Å². The minimum absolute atomic E-state index is 0.0391. The van der Waals surface area contributed by atoms with Gasteiger partial charge in [0.2, 0.25) is 10.0 Å². The molecular weight excluding hydrogens is 262 g/mol. The molecule has 1 N–H and O–H groups in total. The number of hydrogen-bond donors (Lipinski definition) is 1. The third kappa shape index (κ3) is 2.55. The van der Waals surface area contributed by atoms with Crippen molar-refractivity contribution >= 4 is 10.0 Å². The Morgan fingerprint density at radius 1 is 1.37 bits per heavy atom. The van der Waals surface area contributed by atoms with Gasteiger partial charge in [-0.1, -0.05) is 19.1 Å². The fraction of sp³-hybridized carbons (Fsp3) is 0.571. The number of hydrogen-bond acceptors (Lipinski definition) is 3. The fourth-order valence-corrected chi connectivity index (χ4v) is 4.87. The van der Waals surface area contributed by atoms with Crippen LogP contribution in [0.25, 0.3) is 0 Å². The summed E-state index contributed by atoms with van der Waals surface area (Å²) in [6, 6.07) is 5.11. The third-order valence-corrected chi connectivity index (χ3v) is 6.00. The van der Waals surface area contributed by atoms with Crippen LogP contribution in [0, 0.1) is 12.8 Å². The van der Waals surface area contributed by atoms with Gasteiger partial charge in [-0.2, -0.15) is 4.31 Å². The molecule has 0 spiro atoms. The van der Waals surface area contributed by atoms with Crippen molar-refractivity contribution in [3.05, 3.63) is 29.3 Å². The lowest BCUT2D eigenvalue weighted by Gasteiger charge is -2.22. The van der Waals surface area contributed by atoms with Gasteiger partial charge in [-0.25, -0.2) is 8.42 Å². The summed E-state index contributed by atoms with van der Waals surface area (Å²) in [6.07, 6.45) is 0.901. The van der Waals surface area contributed by atoms with Gasteiger partial charge in [-0.05, 0) is 43.4 Å². The van der Waals surface area contributed by atoms with Crippen LogP contribution in [0.5, 0.6) is 0 Å². The number of aliphatic hydroxyl groups excluding tert-OH is 1. The van der Waals surface area contributed by atoms with E-state index in [2.05, 4.69) is 6.92 Å². The van der Waals surface area contributed by atoms with E-state index in [1.165, 1.54) is 0 Å². The first kappa shape index (κ1) is 14.5. The summed E-state index contributed by atoms with van der Waals surface area (Å²) in [5.41, 5.74) is 1.32. The quantitative estimate of drug-likeness (QED) is 0.922. The van der Waals surface area contributed by atoms with Gasteiger partial charge < -0.3 is 5.11 Å². The first-order chi connectivity index (χ1) is 8.87. The number of aliphatic hydroxyl groups is 1. The van der Waals surface area contributed by atoms with E-state index in [9.17, 15) is 13.5 Å². The second-order valence-electron chi connectivity index (χ2n) is 5.46. The second kappa shape index (κ2) is 5.23. The van der Waals surface area contributed by atoms with Gasteiger partial charge in [-0.15, -0.1) is 0 Å². The first-order valence-corrected chi connectivity index (χ1v) is 8.03. The van der Waals surface area contributed by atoms with E-state index in [0.717, 1.165) is 6.42 Å². The number of rotatable bonds is 3. The summed E-state index contributed by atoms with van der Waals surface area (Å²) in [4.78, 5) is 0.319. The van der Waals surface area contributed by atoms with Crippen molar-refractivity contribution in [2.45, 2.75) is 44.7 Å². The zero-order valence-corrected chi connectivity index (χ0v) is 12.4. The average molecular weight is 283 g/mol. The maximum atomic E-state index is 12.7. The summed E-state index contributed by atoms with van der Waals surface area (Å²) < 4.78 is 27.0. The summed E-state index contributed by atoms with van der Waals surface area (Å²) in [5.74, 6) is 0.395. The van der Waals surface area contributed by atoms with Gasteiger partial charge in [0.05, 0.1) is 11.5 Å². The molecule has 0 bridgehead atoms. The molecule has 5 heteroatoms. The summed E-state index contributed by atoms with van der Waals surface area (Å²) in [7, 11) is -3.46. The van der Waals surface area contributed by atoms with Gasteiger partial charge >= 0.3 is 0 Å². The third-order valence-electron chi connectivity index (χ3n) is 3.88. The minimum Gasteiger partial charge on any atom is -0.392 e. The van der Waals surface area contributed by atoms with Crippen LogP contribution < -0.4 is 0 Å². The molecule has 2 unspecified atom stereocenters. The highest BCUT2D eigenvalue weighted by molar-refractivity contribution is 7.89. The molecule has 2 rings (SSSR count). The van der Waals surface area contributed by atoms with Gasteiger partial charge in [-0.3, -0.25) is 0 Å². The lowest BCUT2D eigenvalue weighted by atomic mass is 10.1. The molecule has 0 aromatic heterocycles. The van der Waals surface area contributed by atoms with Crippen molar-refractivity contribution in [2.75, 3.05) is 6.54 Å². The van der Waals surface area contributed by atoms with Crippen molar-refractivity contribution in [3.8, 4) is 0 Å². The number of sulfonamides is 1. The van der Waals surface area contributed by atoms with Crippen LogP contribution in [-0.2, 0) is 16.6 Å². The Bertz CT molecular complexity index is 568. The molecule has 4 nitrogen and oxygen atoms in total. The molecule has 1 heterocycles. The Hall–Kier alpha value is -0.910. The van der Waals surface area contributed by atoms with Crippen molar-refractivity contribution in [1.29, 1.82) is 0 Å². The zero-order valence-electron chi connectivity index (χ0n) is 11.6. The lowest BCUT2D eigenvalue weighted by Crippen LogP contribution is -2.34. The molecule has 1 aromatic carbocycles. The van der Waals surface area contributed by atoms with Crippen molar-refractivity contribution in [3.63, 3.8) is 0 Å². The van der Waals surface area contributed by atoms with E-state index in [1.54, 1.807) is 29.4 Å². The van der Waals surface area contributed by atoms with Gasteiger partial charge in [0, 0.05) is 12.6 Å². The van der Waals surface area contributed by atoms with Gasteiger partial charge in [0.15, 0.2) is 0 Å². The average Bonchev–Trinajstić information content (AvgIpc) is 2.69. The Balaban J connectivity index is 2.46. The monoisotopic (exact) mass is 283 g/mol. The molecule has 19 heavy (non-hydrogen) atoms. The Kier molecular flexibility index (Phi) is 3.99. The van der Waals surface area contributed by atoms with Crippen LogP contribution in [0.2, 0.25) is 0 Å². The largest absolute Gasteiger partial charge is 0.392 e. The highest BCUT2D eigenvalue weighted by Gasteiger charge is 2.36. The molecule has 1 aromatic rings. The lowest BCUT2D eigenvalue weighted by molar-refractivity contribution is 0.280. The molecule has 106 valence electrons. The zero-order chi connectivity index (χ0) is 14.2. The second-order valence-corrected chi connectivity index (χ2v) is 7.32. The molecule has 1 fully saturated rings. The van der Waals surface area contributed by atoms with Crippen molar-refractivity contribution < 1.29 is 13.5 Å². The smallest absolute Gasteiger partial charge is 0.243 e. The maximum absolute atomic E-state index is 12.7. The predicted molar refractivity (Wildman–Crippen MR) is 74.2 cm³/mol. The normalized spacial score (nSPS) is 24.8. The topological polar surface area (TPSA) is 57.6 Å².